The van der Waals surface area contributed by atoms with Gasteiger partial charge >= 0.3 is 0 Å². The van der Waals surface area contributed by atoms with Crippen molar-refractivity contribution in [1.82, 2.24) is 4.90 Å². The van der Waals surface area contributed by atoms with Crippen LogP contribution in [0, 0.1) is 0 Å². The van der Waals surface area contributed by atoms with Gasteiger partial charge in [-0.1, -0.05) is 48.5 Å². The second-order valence-corrected chi connectivity index (χ2v) is 6.80. The van der Waals surface area contributed by atoms with E-state index in [1.807, 2.05) is 12.1 Å². The van der Waals surface area contributed by atoms with Crippen molar-refractivity contribution < 1.29 is 4.79 Å². The fourth-order valence-electron chi connectivity index (χ4n) is 4.04. The van der Waals surface area contributed by atoms with Gasteiger partial charge < -0.3 is 5.73 Å². The van der Waals surface area contributed by atoms with Crippen LogP contribution >= 0.6 is 0 Å². The summed E-state index contributed by atoms with van der Waals surface area (Å²) in [4.78, 5) is 14.0. The molecule has 2 bridgehead atoms. The largest absolute Gasteiger partial charge is 0.366 e. The Morgan fingerprint density at radius 3 is 2.67 bits per heavy atom. The van der Waals surface area contributed by atoms with E-state index in [-0.39, 0.29) is 5.91 Å². The normalized spacial score (nSPS) is 23.1. The first-order chi connectivity index (χ1) is 11.7. The molecule has 2 atom stereocenters. The second-order valence-electron chi connectivity index (χ2n) is 6.80. The number of primary amides is 1. The summed E-state index contributed by atoms with van der Waals surface area (Å²) in [5, 5.41) is 0. The third-order valence-electron chi connectivity index (χ3n) is 5.27. The van der Waals surface area contributed by atoms with Crippen molar-refractivity contribution in [2.45, 2.75) is 37.9 Å². The molecule has 0 aromatic heterocycles. The minimum Gasteiger partial charge on any atom is -0.366 e. The minimum absolute atomic E-state index is 0.359. The Morgan fingerprint density at radius 2 is 1.92 bits per heavy atom. The minimum atomic E-state index is -0.359. The van der Waals surface area contributed by atoms with Gasteiger partial charge in [0.15, 0.2) is 0 Å². The zero-order valence-corrected chi connectivity index (χ0v) is 13.7. The topological polar surface area (TPSA) is 46.3 Å². The molecule has 3 heteroatoms. The number of hydrogen-bond acceptors (Lipinski definition) is 2. The van der Waals surface area contributed by atoms with Gasteiger partial charge in [-0.05, 0) is 48.1 Å². The first-order valence-corrected chi connectivity index (χ1v) is 8.61. The first kappa shape index (κ1) is 15.2. The fourth-order valence-corrected chi connectivity index (χ4v) is 4.04. The zero-order chi connectivity index (χ0) is 16.5. The molecule has 2 heterocycles. The number of carbonyl (C=O) groups excluding carboxylic acids is 1. The lowest BCUT2D eigenvalue weighted by Gasteiger charge is -2.34. The quantitative estimate of drug-likeness (QED) is 0.936. The van der Waals surface area contributed by atoms with Gasteiger partial charge in [-0.15, -0.1) is 0 Å². The van der Waals surface area contributed by atoms with Crippen LogP contribution in [0.4, 0.5) is 0 Å². The molecule has 3 nitrogen and oxygen atoms in total. The molecule has 2 aliphatic rings. The highest BCUT2D eigenvalue weighted by Crippen LogP contribution is 2.39. The maximum Gasteiger partial charge on any atom is 0.248 e. The van der Waals surface area contributed by atoms with E-state index >= 15 is 0 Å². The summed E-state index contributed by atoms with van der Waals surface area (Å²) in [6.45, 7) is 1.02. The maximum absolute atomic E-state index is 11.4. The van der Waals surface area contributed by atoms with Crippen LogP contribution in [0.2, 0.25) is 0 Å². The monoisotopic (exact) mass is 318 g/mol. The number of amides is 1. The third kappa shape index (κ3) is 2.87. The van der Waals surface area contributed by atoms with Crippen LogP contribution in [0.1, 0.15) is 40.7 Å². The van der Waals surface area contributed by atoms with Crippen LogP contribution in [0.25, 0.3) is 5.57 Å². The zero-order valence-electron chi connectivity index (χ0n) is 13.7. The van der Waals surface area contributed by atoms with Crippen LogP contribution < -0.4 is 5.73 Å². The highest BCUT2D eigenvalue weighted by molar-refractivity contribution is 5.93. The molecule has 1 saturated heterocycles. The predicted octanol–water partition coefficient (Wildman–Crippen LogP) is 3.61. The number of carbonyl (C=O) groups is 1. The lowest BCUT2D eigenvalue weighted by Crippen LogP contribution is -2.37. The van der Waals surface area contributed by atoms with Crippen LogP contribution in [-0.2, 0) is 6.54 Å². The van der Waals surface area contributed by atoms with E-state index in [4.69, 9.17) is 5.73 Å². The molecule has 2 unspecified atom stereocenters. The molecule has 0 saturated carbocycles. The van der Waals surface area contributed by atoms with Gasteiger partial charge in [0, 0.05) is 24.2 Å². The Hall–Kier alpha value is -2.39. The van der Waals surface area contributed by atoms with E-state index in [2.05, 4.69) is 47.4 Å². The van der Waals surface area contributed by atoms with E-state index in [0.717, 1.165) is 18.5 Å². The molecular weight excluding hydrogens is 296 g/mol. The van der Waals surface area contributed by atoms with Crippen molar-refractivity contribution in [1.29, 1.82) is 0 Å². The molecule has 0 radical (unpaired) electrons. The maximum atomic E-state index is 11.4. The molecule has 122 valence electrons. The number of nitrogens with zero attached hydrogens (tertiary/aromatic N) is 1. The Labute approximate surface area is 142 Å². The van der Waals surface area contributed by atoms with Crippen LogP contribution in [0.15, 0.2) is 60.7 Å². The van der Waals surface area contributed by atoms with Gasteiger partial charge in [-0.3, -0.25) is 9.69 Å². The van der Waals surface area contributed by atoms with Crippen LogP contribution in [-0.4, -0.2) is 22.9 Å². The van der Waals surface area contributed by atoms with E-state index in [9.17, 15) is 4.79 Å². The fraction of sp³-hybridized carbons (Fsp3) is 0.286. The summed E-state index contributed by atoms with van der Waals surface area (Å²) in [5.41, 5.74) is 9.89. The number of nitrogens with two attached hydrogens (primary N) is 1. The molecular formula is C21H22N2O. The number of benzene rings is 2. The molecule has 0 aliphatic carbocycles. The van der Waals surface area contributed by atoms with E-state index in [0.29, 0.717) is 17.6 Å². The summed E-state index contributed by atoms with van der Waals surface area (Å²) in [6, 6.07) is 19.5. The molecule has 2 aliphatic heterocycles. The standard InChI is InChI=1S/C21H22N2O/c22-21(24)17-8-4-7-16(11-17)18-12-19-9-10-20(13-18)23(19)14-15-5-2-1-3-6-15/h1-8,11-12,19-20H,9-10,13-14H2,(H2,22,24). The molecule has 2 aromatic rings. The lowest BCUT2D eigenvalue weighted by molar-refractivity contribution is 0.100. The van der Waals surface area contributed by atoms with E-state index in [1.165, 1.54) is 24.0 Å². The molecule has 0 spiro atoms. The molecule has 1 fully saturated rings. The van der Waals surface area contributed by atoms with Gasteiger partial charge in [-0.25, -0.2) is 0 Å². The van der Waals surface area contributed by atoms with Gasteiger partial charge in [0.05, 0.1) is 0 Å². The van der Waals surface area contributed by atoms with Gasteiger partial charge in [-0.2, -0.15) is 0 Å². The van der Waals surface area contributed by atoms with Crippen molar-refractivity contribution in [3.63, 3.8) is 0 Å². The average Bonchev–Trinajstić information content (AvgIpc) is 2.84. The van der Waals surface area contributed by atoms with Crippen molar-refractivity contribution in [2.75, 3.05) is 0 Å². The van der Waals surface area contributed by atoms with E-state index in [1.54, 1.807) is 6.07 Å². The summed E-state index contributed by atoms with van der Waals surface area (Å²) in [6.07, 6.45) is 5.90. The summed E-state index contributed by atoms with van der Waals surface area (Å²) >= 11 is 0. The number of rotatable bonds is 4. The van der Waals surface area contributed by atoms with Crippen LogP contribution in [0.3, 0.4) is 0 Å². The molecule has 2 N–H and O–H groups in total. The van der Waals surface area contributed by atoms with Crippen molar-refractivity contribution in [2.24, 2.45) is 5.73 Å². The second kappa shape index (κ2) is 6.25. The average molecular weight is 318 g/mol. The van der Waals surface area contributed by atoms with E-state index < -0.39 is 0 Å². The van der Waals surface area contributed by atoms with Gasteiger partial charge in [0.25, 0.3) is 0 Å². The summed E-state index contributed by atoms with van der Waals surface area (Å²) < 4.78 is 0. The molecule has 24 heavy (non-hydrogen) atoms. The van der Waals surface area contributed by atoms with Crippen molar-refractivity contribution >= 4 is 11.5 Å². The van der Waals surface area contributed by atoms with Gasteiger partial charge in [0.1, 0.15) is 0 Å². The lowest BCUT2D eigenvalue weighted by atomic mass is 9.93. The first-order valence-electron chi connectivity index (χ1n) is 8.61. The van der Waals surface area contributed by atoms with Gasteiger partial charge in [0.2, 0.25) is 5.91 Å². The predicted molar refractivity (Wildman–Crippen MR) is 96.3 cm³/mol. The Bertz CT molecular complexity index is 781. The van der Waals surface area contributed by atoms with Crippen molar-refractivity contribution in [3.05, 3.63) is 77.4 Å². The van der Waals surface area contributed by atoms with Crippen molar-refractivity contribution in [3.8, 4) is 0 Å². The SMILES string of the molecule is NC(=O)c1cccc(C2=CC3CCC(C2)N3Cc2ccccc2)c1. The summed E-state index contributed by atoms with van der Waals surface area (Å²) in [7, 11) is 0. The number of fused-ring (bicyclic) bond motifs is 2. The Balaban J connectivity index is 1.58. The smallest absolute Gasteiger partial charge is 0.248 e. The molecule has 1 amide bonds. The highest BCUT2D eigenvalue weighted by atomic mass is 16.1. The van der Waals surface area contributed by atoms with Crippen LogP contribution in [0.5, 0.6) is 0 Å². The Kier molecular flexibility index (Phi) is 3.95. The number of hydrogen-bond donors (Lipinski definition) is 1. The highest BCUT2D eigenvalue weighted by Gasteiger charge is 2.36. The Morgan fingerprint density at radius 1 is 1.08 bits per heavy atom. The molecule has 4 rings (SSSR count). The summed E-state index contributed by atoms with van der Waals surface area (Å²) in [5.74, 6) is -0.359. The third-order valence-corrected chi connectivity index (χ3v) is 5.27. The molecule has 2 aromatic carbocycles.